The molecule has 0 spiro atoms. The van der Waals surface area contributed by atoms with E-state index in [0.717, 1.165) is 16.3 Å². The van der Waals surface area contributed by atoms with Crippen molar-refractivity contribution >= 4 is 64.2 Å². The molecule has 28 heavy (non-hydrogen) atoms. The van der Waals surface area contributed by atoms with Gasteiger partial charge in [0.2, 0.25) is 0 Å². The summed E-state index contributed by atoms with van der Waals surface area (Å²) in [6, 6.07) is 17.3. The predicted octanol–water partition coefficient (Wildman–Crippen LogP) is 7.63. The summed E-state index contributed by atoms with van der Waals surface area (Å²) in [4.78, 5) is 4.57. The van der Waals surface area contributed by atoms with E-state index < -0.39 is 7.60 Å². The van der Waals surface area contributed by atoms with Gasteiger partial charge in [0, 0.05) is 26.9 Å². The minimum Gasteiger partial charge on any atom is -0.416 e. The molecule has 3 aromatic carbocycles. The molecule has 0 amide bonds. The van der Waals surface area contributed by atoms with Crippen LogP contribution in [0.25, 0.3) is 21.8 Å². The standard InChI is InChI=1S/C20H13Cl3NO3P/c1-28(25,26-16-4-2-3-14(21)9-16)27-17-8-13-7-12-5-6-15(22)10-19(12)24-20(13)18(23)11-17/h2-11H,1H3. The highest BCUT2D eigenvalue weighted by Crippen LogP contribution is 2.46. The lowest BCUT2D eigenvalue weighted by Gasteiger charge is -2.17. The van der Waals surface area contributed by atoms with Crippen LogP contribution < -0.4 is 9.05 Å². The van der Waals surface area contributed by atoms with Gasteiger partial charge in [0.05, 0.1) is 22.7 Å². The van der Waals surface area contributed by atoms with E-state index >= 15 is 0 Å². The normalized spacial score (nSPS) is 13.4. The first-order chi connectivity index (χ1) is 13.3. The van der Waals surface area contributed by atoms with E-state index in [1.165, 1.54) is 6.66 Å². The van der Waals surface area contributed by atoms with Crippen molar-refractivity contribution in [3.05, 3.63) is 75.7 Å². The Labute approximate surface area is 176 Å². The number of nitrogens with zero attached hydrogens (tertiary/aromatic N) is 1. The van der Waals surface area contributed by atoms with Gasteiger partial charge in [-0.2, -0.15) is 0 Å². The Morgan fingerprint density at radius 3 is 2.36 bits per heavy atom. The SMILES string of the molecule is CP(=O)(Oc1cccc(Cl)c1)Oc1cc(Cl)c2nc3cc(Cl)ccc3cc2c1. The van der Waals surface area contributed by atoms with Crippen LogP contribution in [0.2, 0.25) is 15.1 Å². The zero-order valence-corrected chi connectivity index (χ0v) is 17.7. The van der Waals surface area contributed by atoms with Gasteiger partial charge in [-0.05, 0) is 42.5 Å². The average molecular weight is 453 g/mol. The van der Waals surface area contributed by atoms with E-state index in [1.54, 1.807) is 48.5 Å². The predicted molar refractivity (Wildman–Crippen MR) is 116 cm³/mol. The number of aromatic nitrogens is 1. The first kappa shape index (κ1) is 19.4. The molecule has 0 fully saturated rings. The van der Waals surface area contributed by atoms with Gasteiger partial charge in [0.25, 0.3) is 0 Å². The Kier molecular flexibility index (Phi) is 5.15. The fourth-order valence-corrected chi connectivity index (χ4v) is 4.45. The molecule has 0 aliphatic heterocycles. The van der Waals surface area contributed by atoms with Crippen LogP contribution in [0, 0.1) is 0 Å². The second kappa shape index (κ2) is 7.46. The number of pyridine rings is 1. The van der Waals surface area contributed by atoms with Crippen LogP contribution in [-0.4, -0.2) is 11.6 Å². The molecular formula is C20H13Cl3NO3P. The van der Waals surface area contributed by atoms with Crippen molar-refractivity contribution < 1.29 is 13.6 Å². The maximum absolute atomic E-state index is 12.8. The highest BCUT2D eigenvalue weighted by Gasteiger charge is 2.21. The third kappa shape index (κ3) is 4.21. The highest BCUT2D eigenvalue weighted by molar-refractivity contribution is 7.53. The van der Waals surface area contributed by atoms with Crippen molar-refractivity contribution in [1.82, 2.24) is 4.98 Å². The summed E-state index contributed by atoms with van der Waals surface area (Å²) in [6.07, 6.45) is 0. The van der Waals surface area contributed by atoms with Crippen molar-refractivity contribution in [1.29, 1.82) is 0 Å². The first-order valence-electron chi connectivity index (χ1n) is 8.21. The Balaban J connectivity index is 1.69. The molecule has 0 saturated heterocycles. The van der Waals surface area contributed by atoms with Crippen LogP contribution in [-0.2, 0) is 4.57 Å². The zero-order chi connectivity index (χ0) is 19.9. The molecule has 0 saturated carbocycles. The molecule has 142 valence electrons. The molecule has 0 aliphatic rings. The van der Waals surface area contributed by atoms with Gasteiger partial charge >= 0.3 is 7.60 Å². The Bertz CT molecular complexity index is 1260. The largest absolute Gasteiger partial charge is 0.427 e. The molecular weight excluding hydrogens is 440 g/mol. The van der Waals surface area contributed by atoms with Gasteiger partial charge < -0.3 is 9.05 Å². The van der Waals surface area contributed by atoms with Crippen molar-refractivity contribution in [3.63, 3.8) is 0 Å². The molecule has 4 rings (SSSR count). The molecule has 0 radical (unpaired) electrons. The van der Waals surface area contributed by atoms with E-state index in [-0.39, 0.29) is 0 Å². The van der Waals surface area contributed by atoms with E-state index in [9.17, 15) is 4.57 Å². The lowest BCUT2D eigenvalue weighted by molar-refractivity contribution is 0.394. The van der Waals surface area contributed by atoms with Crippen LogP contribution in [0.15, 0.2) is 60.7 Å². The molecule has 0 aliphatic carbocycles. The Morgan fingerprint density at radius 2 is 1.57 bits per heavy atom. The maximum atomic E-state index is 12.8. The number of hydrogen-bond acceptors (Lipinski definition) is 4. The zero-order valence-electron chi connectivity index (χ0n) is 14.5. The maximum Gasteiger partial charge on any atom is 0.427 e. The molecule has 0 bridgehead atoms. The monoisotopic (exact) mass is 451 g/mol. The lowest BCUT2D eigenvalue weighted by Crippen LogP contribution is -1.99. The fourth-order valence-electron chi connectivity index (χ4n) is 2.82. The minimum atomic E-state index is -3.46. The van der Waals surface area contributed by atoms with E-state index in [2.05, 4.69) is 4.98 Å². The molecule has 1 atom stereocenters. The summed E-state index contributed by atoms with van der Waals surface area (Å²) < 4.78 is 23.9. The molecule has 0 N–H and O–H groups in total. The van der Waals surface area contributed by atoms with E-state index in [4.69, 9.17) is 43.9 Å². The average Bonchev–Trinajstić information content (AvgIpc) is 2.59. The molecule has 1 unspecified atom stereocenters. The van der Waals surface area contributed by atoms with Crippen LogP contribution in [0.5, 0.6) is 11.5 Å². The van der Waals surface area contributed by atoms with Crippen molar-refractivity contribution in [2.75, 3.05) is 6.66 Å². The number of halogens is 3. The van der Waals surface area contributed by atoms with Gasteiger partial charge in [-0.1, -0.05) is 46.9 Å². The lowest BCUT2D eigenvalue weighted by atomic mass is 10.1. The molecule has 8 heteroatoms. The van der Waals surface area contributed by atoms with Crippen LogP contribution in [0.3, 0.4) is 0 Å². The van der Waals surface area contributed by atoms with E-state index in [1.807, 2.05) is 12.1 Å². The van der Waals surface area contributed by atoms with Gasteiger partial charge in [0.1, 0.15) is 11.5 Å². The summed E-state index contributed by atoms with van der Waals surface area (Å²) in [5.41, 5.74) is 1.34. The summed E-state index contributed by atoms with van der Waals surface area (Å²) in [6.45, 7) is 1.38. The quantitative estimate of drug-likeness (QED) is 0.236. The van der Waals surface area contributed by atoms with Gasteiger partial charge in [-0.3, -0.25) is 0 Å². The van der Waals surface area contributed by atoms with Gasteiger partial charge in [-0.15, -0.1) is 0 Å². The summed E-state index contributed by atoms with van der Waals surface area (Å²) in [7, 11) is -3.46. The van der Waals surface area contributed by atoms with Crippen LogP contribution in [0.1, 0.15) is 0 Å². The van der Waals surface area contributed by atoms with E-state index in [0.29, 0.717) is 32.1 Å². The molecule has 4 aromatic rings. The second-order valence-electron chi connectivity index (χ2n) is 6.21. The van der Waals surface area contributed by atoms with Crippen molar-refractivity contribution in [3.8, 4) is 11.5 Å². The number of fused-ring (bicyclic) bond motifs is 2. The molecule has 4 nitrogen and oxygen atoms in total. The molecule has 1 aromatic heterocycles. The number of hydrogen-bond donors (Lipinski definition) is 0. The second-order valence-corrected chi connectivity index (χ2v) is 9.40. The van der Waals surface area contributed by atoms with Crippen molar-refractivity contribution in [2.45, 2.75) is 0 Å². The molecule has 1 heterocycles. The summed E-state index contributed by atoms with van der Waals surface area (Å²) in [5.74, 6) is 0.676. The Morgan fingerprint density at radius 1 is 0.821 bits per heavy atom. The highest BCUT2D eigenvalue weighted by atomic mass is 35.5. The topological polar surface area (TPSA) is 48.4 Å². The third-order valence-electron chi connectivity index (χ3n) is 3.94. The fraction of sp³-hybridized carbons (Fsp3) is 0.0500. The van der Waals surface area contributed by atoms with Crippen molar-refractivity contribution in [2.24, 2.45) is 0 Å². The first-order valence-corrected chi connectivity index (χ1v) is 11.3. The number of rotatable bonds is 4. The summed E-state index contributed by atoms with van der Waals surface area (Å²) >= 11 is 18.4. The third-order valence-corrected chi connectivity index (χ3v) is 5.78. The van der Waals surface area contributed by atoms with Gasteiger partial charge in [0.15, 0.2) is 0 Å². The van der Waals surface area contributed by atoms with Crippen LogP contribution in [0.4, 0.5) is 0 Å². The number of benzene rings is 3. The minimum absolute atomic E-state index is 0.320. The smallest absolute Gasteiger partial charge is 0.416 e. The van der Waals surface area contributed by atoms with Gasteiger partial charge in [-0.25, -0.2) is 9.55 Å². The van der Waals surface area contributed by atoms with Crippen LogP contribution >= 0.6 is 42.4 Å². The Hall–Kier alpha value is -1.97. The summed E-state index contributed by atoms with van der Waals surface area (Å²) in [5, 5.41) is 3.10.